The zero-order valence-corrected chi connectivity index (χ0v) is 10.3. The van der Waals surface area contributed by atoms with Crippen LogP contribution in [0.2, 0.25) is 0 Å². The number of aliphatic hydroxyl groups is 1. The molecule has 2 unspecified atom stereocenters. The second-order valence-electron chi connectivity index (χ2n) is 3.90. The number of aliphatic hydroxyl groups excluding tert-OH is 1. The van der Waals surface area contributed by atoms with Gasteiger partial charge in [0.05, 0.1) is 18.6 Å². The molecule has 2 N–H and O–H groups in total. The Morgan fingerprint density at radius 1 is 1.38 bits per heavy atom. The van der Waals surface area contributed by atoms with Crippen molar-refractivity contribution in [2.75, 3.05) is 32.8 Å². The van der Waals surface area contributed by atoms with Crippen LogP contribution in [0, 0.1) is 5.92 Å². The minimum absolute atomic E-state index is 0.300. The molecular formula is C11H23NO4. The Kier molecular flexibility index (Phi) is 8.15. The maximum atomic E-state index is 10.7. The van der Waals surface area contributed by atoms with Gasteiger partial charge in [-0.15, -0.1) is 0 Å². The molecule has 0 amide bonds. The van der Waals surface area contributed by atoms with E-state index in [2.05, 4.69) is 0 Å². The van der Waals surface area contributed by atoms with Gasteiger partial charge in [0.15, 0.2) is 0 Å². The van der Waals surface area contributed by atoms with E-state index >= 15 is 0 Å². The highest BCUT2D eigenvalue weighted by atomic mass is 16.5. The van der Waals surface area contributed by atoms with E-state index in [4.69, 9.17) is 9.84 Å². The van der Waals surface area contributed by atoms with Crippen LogP contribution in [0.25, 0.3) is 0 Å². The molecule has 0 aromatic rings. The summed E-state index contributed by atoms with van der Waals surface area (Å²) >= 11 is 0. The van der Waals surface area contributed by atoms with Crippen molar-refractivity contribution in [2.45, 2.75) is 26.9 Å². The second-order valence-corrected chi connectivity index (χ2v) is 3.90. The van der Waals surface area contributed by atoms with Crippen LogP contribution < -0.4 is 0 Å². The van der Waals surface area contributed by atoms with Crippen molar-refractivity contribution in [3.05, 3.63) is 0 Å². The minimum Gasteiger partial charge on any atom is -0.481 e. The fourth-order valence-corrected chi connectivity index (χ4v) is 1.40. The van der Waals surface area contributed by atoms with Crippen LogP contribution in [0.4, 0.5) is 0 Å². The molecule has 96 valence electrons. The van der Waals surface area contributed by atoms with Crippen molar-refractivity contribution in [3.63, 3.8) is 0 Å². The summed E-state index contributed by atoms with van der Waals surface area (Å²) in [5.41, 5.74) is 0. The van der Waals surface area contributed by atoms with Crippen molar-refractivity contribution < 1.29 is 19.7 Å². The lowest BCUT2D eigenvalue weighted by molar-refractivity contribution is -0.141. The molecule has 0 aromatic heterocycles. The van der Waals surface area contributed by atoms with E-state index in [1.54, 1.807) is 6.92 Å². The molecule has 0 rings (SSSR count). The predicted octanol–water partition coefficient (Wildman–Crippen LogP) is 0.426. The lowest BCUT2D eigenvalue weighted by Gasteiger charge is -2.25. The molecular weight excluding hydrogens is 210 g/mol. The summed E-state index contributed by atoms with van der Waals surface area (Å²) < 4.78 is 5.10. The molecule has 0 aliphatic carbocycles. The Morgan fingerprint density at radius 3 is 2.44 bits per heavy atom. The number of carboxylic acid groups (broad SMARTS) is 1. The molecule has 0 aromatic carbocycles. The Balaban J connectivity index is 3.94. The Morgan fingerprint density at radius 2 is 2.00 bits per heavy atom. The number of ether oxygens (including phenoxy) is 1. The van der Waals surface area contributed by atoms with Gasteiger partial charge in [-0.05, 0) is 13.5 Å². The van der Waals surface area contributed by atoms with Gasteiger partial charge in [0.2, 0.25) is 0 Å². The number of aliphatic carboxylic acids is 1. The topological polar surface area (TPSA) is 70.0 Å². The predicted molar refractivity (Wildman–Crippen MR) is 61.4 cm³/mol. The quantitative estimate of drug-likeness (QED) is 0.604. The van der Waals surface area contributed by atoms with Crippen LogP contribution >= 0.6 is 0 Å². The van der Waals surface area contributed by atoms with E-state index in [1.165, 1.54) is 0 Å². The molecule has 16 heavy (non-hydrogen) atoms. The minimum atomic E-state index is -0.808. The van der Waals surface area contributed by atoms with Crippen LogP contribution in [0.3, 0.4) is 0 Å². The molecule has 0 fully saturated rings. The lowest BCUT2D eigenvalue weighted by Crippen LogP contribution is -2.38. The first-order chi connectivity index (χ1) is 7.51. The van der Waals surface area contributed by atoms with Gasteiger partial charge in [-0.25, -0.2) is 0 Å². The number of rotatable bonds is 9. The number of nitrogens with zero attached hydrogens (tertiary/aromatic N) is 1. The average Bonchev–Trinajstić information content (AvgIpc) is 2.24. The summed E-state index contributed by atoms with van der Waals surface area (Å²) in [6, 6.07) is 0. The molecule has 0 aliphatic heterocycles. The fourth-order valence-electron chi connectivity index (χ4n) is 1.40. The molecule has 0 radical (unpaired) electrons. The first kappa shape index (κ1) is 15.3. The van der Waals surface area contributed by atoms with Crippen molar-refractivity contribution in [1.82, 2.24) is 4.90 Å². The summed E-state index contributed by atoms with van der Waals surface area (Å²) in [4.78, 5) is 12.6. The van der Waals surface area contributed by atoms with Gasteiger partial charge in [0.25, 0.3) is 0 Å². The van der Waals surface area contributed by atoms with Crippen molar-refractivity contribution in [3.8, 4) is 0 Å². The molecule has 0 saturated heterocycles. The van der Waals surface area contributed by atoms with Crippen LogP contribution in [0.5, 0.6) is 0 Å². The Hall–Kier alpha value is -0.650. The number of hydrogen-bond donors (Lipinski definition) is 2. The normalized spacial score (nSPS) is 15.1. The summed E-state index contributed by atoms with van der Waals surface area (Å²) in [5.74, 6) is -1.23. The van der Waals surface area contributed by atoms with E-state index in [-0.39, 0.29) is 0 Å². The molecule has 5 nitrogen and oxygen atoms in total. The van der Waals surface area contributed by atoms with E-state index in [1.807, 2.05) is 18.7 Å². The van der Waals surface area contributed by atoms with Crippen molar-refractivity contribution >= 4 is 5.97 Å². The highest BCUT2D eigenvalue weighted by molar-refractivity contribution is 5.69. The SMILES string of the molecule is CCOCC(O)CN(CC)CC(C)C(=O)O. The number of hydrogen-bond acceptors (Lipinski definition) is 4. The molecule has 0 heterocycles. The molecule has 0 saturated carbocycles. The van der Waals surface area contributed by atoms with Crippen molar-refractivity contribution in [2.24, 2.45) is 5.92 Å². The average molecular weight is 233 g/mol. The molecule has 0 aliphatic rings. The number of likely N-dealkylation sites (N-methyl/N-ethyl adjacent to an activating group) is 1. The summed E-state index contributed by atoms with van der Waals surface area (Å²) in [7, 11) is 0. The monoisotopic (exact) mass is 233 g/mol. The van der Waals surface area contributed by atoms with Crippen LogP contribution in [-0.4, -0.2) is 60.0 Å². The third kappa shape index (κ3) is 6.76. The van der Waals surface area contributed by atoms with Crippen LogP contribution in [0.15, 0.2) is 0 Å². The van der Waals surface area contributed by atoms with E-state index < -0.39 is 18.0 Å². The largest absolute Gasteiger partial charge is 0.481 e. The van der Waals surface area contributed by atoms with Gasteiger partial charge >= 0.3 is 5.97 Å². The third-order valence-corrected chi connectivity index (χ3v) is 2.38. The Bertz CT molecular complexity index is 198. The van der Waals surface area contributed by atoms with Crippen molar-refractivity contribution in [1.29, 1.82) is 0 Å². The van der Waals surface area contributed by atoms with Gasteiger partial charge < -0.3 is 19.8 Å². The first-order valence-electron chi connectivity index (χ1n) is 5.72. The third-order valence-electron chi connectivity index (χ3n) is 2.38. The van der Waals surface area contributed by atoms with E-state index in [0.717, 1.165) is 6.54 Å². The maximum Gasteiger partial charge on any atom is 0.307 e. The van der Waals surface area contributed by atoms with Gasteiger partial charge in [-0.1, -0.05) is 13.8 Å². The Labute approximate surface area is 97.0 Å². The zero-order valence-electron chi connectivity index (χ0n) is 10.3. The highest BCUT2D eigenvalue weighted by Gasteiger charge is 2.17. The van der Waals surface area contributed by atoms with E-state index in [0.29, 0.717) is 26.3 Å². The summed E-state index contributed by atoms with van der Waals surface area (Å²) in [6.45, 7) is 7.99. The summed E-state index contributed by atoms with van der Waals surface area (Å²) in [6.07, 6.45) is -0.555. The fraction of sp³-hybridized carbons (Fsp3) is 0.909. The number of carboxylic acids is 1. The first-order valence-corrected chi connectivity index (χ1v) is 5.72. The smallest absolute Gasteiger partial charge is 0.307 e. The zero-order chi connectivity index (χ0) is 12.6. The second kappa shape index (κ2) is 8.50. The van der Waals surface area contributed by atoms with Gasteiger partial charge in [-0.3, -0.25) is 4.79 Å². The lowest BCUT2D eigenvalue weighted by atomic mass is 10.1. The van der Waals surface area contributed by atoms with Crippen LogP contribution in [0.1, 0.15) is 20.8 Å². The van der Waals surface area contributed by atoms with Gasteiger partial charge in [0, 0.05) is 19.7 Å². The maximum absolute atomic E-state index is 10.7. The molecule has 0 bridgehead atoms. The van der Waals surface area contributed by atoms with Crippen LogP contribution in [-0.2, 0) is 9.53 Å². The summed E-state index contributed by atoms with van der Waals surface area (Å²) in [5, 5.41) is 18.4. The molecule has 5 heteroatoms. The van der Waals surface area contributed by atoms with Gasteiger partial charge in [0.1, 0.15) is 0 Å². The standard InChI is InChI=1S/C11H23NO4/c1-4-12(6-9(3)11(14)15)7-10(13)8-16-5-2/h9-10,13H,4-8H2,1-3H3,(H,14,15). The highest BCUT2D eigenvalue weighted by Crippen LogP contribution is 2.01. The van der Waals surface area contributed by atoms with Gasteiger partial charge in [-0.2, -0.15) is 0 Å². The molecule has 2 atom stereocenters. The molecule has 0 spiro atoms. The van der Waals surface area contributed by atoms with E-state index in [9.17, 15) is 9.90 Å². The number of carbonyl (C=O) groups is 1.